The van der Waals surface area contributed by atoms with E-state index < -0.39 is 0 Å². The monoisotopic (exact) mass is 283 g/mol. The van der Waals surface area contributed by atoms with E-state index in [2.05, 4.69) is 4.90 Å². The van der Waals surface area contributed by atoms with Crippen LogP contribution < -0.4 is 0 Å². The van der Waals surface area contributed by atoms with E-state index in [4.69, 9.17) is 9.47 Å². The van der Waals surface area contributed by atoms with Crippen LogP contribution in [0.2, 0.25) is 0 Å². The van der Waals surface area contributed by atoms with Crippen LogP contribution in [0.25, 0.3) is 0 Å². The Bertz CT molecular complexity index is 331. The number of Topliss-reactive ketones (excluding diaryl/α,β-unsaturated/α-hetero) is 1. The van der Waals surface area contributed by atoms with E-state index >= 15 is 0 Å². The molecule has 0 aromatic carbocycles. The Hall–Kier alpha value is -0.940. The third kappa shape index (κ3) is 4.28. The minimum Gasteiger partial charge on any atom is -0.457 e. The average molecular weight is 283 g/mol. The van der Waals surface area contributed by atoms with Crippen LogP contribution in [0, 0.1) is 11.8 Å². The molecule has 0 bridgehead atoms. The van der Waals surface area contributed by atoms with Gasteiger partial charge in [0.15, 0.2) is 5.78 Å². The SMILES string of the molecule is COCN1CCC(C(=O)COC(=O)C2CCCC2)CC1. The van der Waals surface area contributed by atoms with Gasteiger partial charge in [0, 0.05) is 26.1 Å². The van der Waals surface area contributed by atoms with Crippen LogP contribution in [-0.2, 0) is 19.1 Å². The molecule has 20 heavy (non-hydrogen) atoms. The normalized spacial score (nSPS) is 22.1. The second-order valence-corrected chi connectivity index (χ2v) is 5.87. The summed E-state index contributed by atoms with van der Waals surface area (Å²) in [5.74, 6) is -0.0214. The number of hydrogen-bond acceptors (Lipinski definition) is 5. The molecule has 1 aliphatic heterocycles. The van der Waals surface area contributed by atoms with E-state index in [-0.39, 0.29) is 30.2 Å². The number of ether oxygens (including phenoxy) is 2. The van der Waals surface area contributed by atoms with Crippen molar-refractivity contribution in [3.63, 3.8) is 0 Å². The predicted molar refractivity (Wildman–Crippen MR) is 74.1 cm³/mol. The van der Waals surface area contributed by atoms with Gasteiger partial charge in [-0.25, -0.2) is 0 Å². The molecule has 2 fully saturated rings. The molecule has 2 rings (SSSR count). The van der Waals surface area contributed by atoms with Crippen LogP contribution in [0.4, 0.5) is 0 Å². The molecule has 2 aliphatic rings. The smallest absolute Gasteiger partial charge is 0.309 e. The van der Waals surface area contributed by atoms with E-state index in [0.717, 1.165) is 51.6 Å². The van der Waals surface area contributed by atoms with E-state index in [1.54, 1.807) is 7.11 Å². The van der Waals surface area contributed by atoms with Crippen molar-refractivity contribution < 1.29 is 19.1 Å². The van der Waals surface area contributed by atoms with Crippen molar-refractivity contribution in [2.45, 2.75) is 38.5 Å². The number of ketones is 1. The quantitative estimate of drug-likeness (QED) is 0.693. The van der Waals surface area contributed by atoms with Crippen LogP contribution in [-0.4, -0.2) is 50.2 Å². The zero-order valence-corrected chi connectivity index (χ0v) is 12.3. The minimum absolute atomic E-state index is 0.0337. The molecule has 5 nitrogen and oxygen atoms in total. The molecule has 0 aromatic heterocycles. The fourth-order valence-corrected chi connectivity index (χ4v) is 3.11. The van der Waals surface area contributed by atoms with Crippen LogP contribution in [0.15, 0.2) is 0 Å². The largest absolute Gasteiger partial charge is 0.457 e. The molecular formula is C15H25NO4. The van der Waals surface area contributed by atoms with Gasteiger partial charge < -0.3 is 9.47 Å². The number of nitrogens with zero attached hydrogens (tertiary/aromatic N) is 1. The van der Waals surface area contributed by atoms with Crippen LogP contribution in [0.5, 0.6) is 0 Å². The van der Waals surface area contributed by atoms with Gasteiger partial charge >= 0.3 is 5.97 Å². The van der Waals surface area contributed by atoms with Gasteiger partial charge in [-0.3, -0.25) is 14.5 Å². The van der Waals surface area contributed by atoms with Crippen molar-refractivity contribution >= 4 is 11.8 Å². The highest BCUT2D eigenvalue weighted by atomic mass is 16.5. The van der Waals surface area contributed by atoms with E-state index in [1.807, 2.05) is 0 Å². The Morgan fingerprint density at radius 3 is 2.30 bits per heavy atom. The number of carbonyl (C=O) groups excluding carboxylic acids is 2. The summed E-state index contributed by atoms with van der Waals surface area (Å²) in [5, 5.41) is 0. The molecular weight excluding hydrogens is 258 g/mol. The highest BCUT2D eigenvalue weighted by Crippen LogP contribution is 2.26. The van der Waals surface area contributed by atoms with Gasteiger partial charge in [0.1, 0.15) is 6.61 Å². The van der Waals surface area contributed by atoms with Crippen molar-refractivity contribution in [3.05, 3.63) is 0 Å². The lowest BCUT2D eigenvalue weighted by atomic mass is 9.93. The third-order valence-electron chi connectivity index (χ3n) is 4.40. The Morgan fingerprint density at radius 2 is 1.70 bits per heavy atom. The summed E-state index contributed by atoms with van der Waals surface area (Å²) in [5.41, 5.74) is 0. The topological polar surface area (TPSA) is 55.8 Å². The van der Waals surface area contributed by atoms with Gasteiger partial charge in [-0.1, -0.05) is 12.8 Å². The van der Waals surface area contributed by atoms with E-state index in [0.29, 0.717) is 6.73 Å². The summed E-state index contributed by atoms with van der Waals surface area (Å²) in [6.45, 7) is 2.34. The first-order chi connectivity index (χ1) is 9.70. The molecule has 1 aliphatic carbocycles. The molecule has 0 amide bonds. The van der Waals surface area contributed by atoms with Crippen molar-refractivity contribution in [3.8, 4) is 0 Å². The standard InChI is InChI=1S/C15H25NO4/c1-19-11-16-8-6-12(7-9-16)14(17)10-20-15(18)13-4-2-3-5-13/h12-13H,2-11H2,1H3. The van der Waals surface area contributed by atoms with E-state index in [1.165, 1.54) is 0 Å². The molecule has 0 spiro atoms. The molecule has 0 unspecified atom stereocenters. The van der Waals surface area contributed by atoms with Crippen molar-refractivity contribution in [2.75, 3.05) is 33.5 Å². The Labute approximate surface area is 120 Å². The van der Waals surface area contributed by atoms with Gasteiger partial charge in [-0.15, -0.1) is 0 Å². The summed E-state index contributed by atoms with van der Waals surface area (Å²) in [4.78, 5) is 26.0. The first-order valence-corrected chi connectivity index (χ1v) is 7.61. The lowest BCUT2D eigenvalue weighted by Crippen LogP contribution is -2.38. The maximum atomic E-state index is 12.1. The lowest BCUT2D eigenvalue weighted by molar-refractivity contribution is -0.153. The van der Waals surface area contributed by atoms with Gasteiger partial charge in [-0.2, -0.15) is 0 Å². The van der Waals surface area contributed by atoms with Gasteiger partial charge in [0.2, 0.25) is 0 Å². The molecule has 1 saturated carbocycles. The van der Waals surface area contributed by atoms with Gasteiger partial charge in [0.25, 0.3) is 0 Å². The number of piperidine rings is 1. The third-order valence-corrected chi connectivity index (χ3v) is 4.40. The molecule has 5 heteroatoms. The fraction of sp³-hybridized carbons (Fsp3) is 0.867. The number of likely N-dealkylation sites (tertiary alicyclic amines) is 1. The van der Waals surface area contributed by atoms with Crippen molar-refractivity contribution in [2.24, 2.45) is 11.8 Å². The van der Waals surface area contributed by atoms with Crippen LogP contribution in [0.3, 0.4) is 0 Å². The number of carbonyl (C=O) groups is 2. The number of rotatable bonds is 6. The first-order valence-electron chi connectivity index (χ1n) is 7.61. The Morgan fingerprint density at radius 1 is 1.05 bits per heavy atom. The number of esters is 1. The van der Waals surface area contributed by atoms with Crippen molar-refractivity contribution in [1.82, 2.24) is 4.90 Å². The van der Waals surface area contributed by atoms with Gasteiger partial charge in [-0.05, 0) is 25.7 Å². The summed E-state index contributed by atoms with van der Waals surface area (Å²) in [6.07, 6.45) is 5.72. The zero-order chi connectivity index (χ0) is 14.4. The summed E-state index contributed by atoms with van der Waals surface area (Å²) >= 11 is 0. The number of hydrogen-bond donors (Lipinski definition) is 0. The average Bonchev–Trinajstić information content (AvgIpc) is 3.00. The van der Waals surface area contributed by atoms with Gasteiger partial charge in [0.05, 0.1) is 12.6 Å². The van der Waals surface area contributed by atoms with Crippen LogP contribution >= 0.6 is 0 Å². The molecule has 0 N–H and O–H groups in total. The molecule has 0 aromatic rings. The molecule has 0 atom stereocenters. The highest BCUT2D eigenvalue weighted by molar-refractivity contribution is 5.85. The van der Waals surface area contributed by atoms with Crippen molar-refractivity contribution in [1.29, 1.82) is 0 Å². The predicted octanol–water partition coefficient (Wildman–Crippen LogP) is 1.60. The summed E-state index contributed by atoms with van der Waals surface area (Å²) < 4.78 is 10.3. The molecule has 1 heterocycles. The lowest BCUT2D eigenvalue weighted by Gasteiger charge is -2.30. The highest BCUT2D eigenvalue weighted by Gasteiger charge is 2.28. The summed E-state index contributed by atoms with van der Waals surface area (Å²) in [6, 6.07) is 0. The van der Waals surface area contributed by atoms with Crippen LogP contribution in [0.1, 0.15) is 38.5 Å². The maximum Gasteiger partial charge on any atom is 0.309 e. The number of methoxy groups -OCH3 is 1. The van der Waals surface area contributed by atoms with E-state index in [9.17, 15) is 9.59 Å². The second kappa shape index (κ2) is 7.74. The molecule has 1 saturated heterocycles. The Kier molecular flexibility index (Phi) is 5.98. The molecule has 0 radical (unpaired) electrons. The molecule has 114 valence electrons. The Balaban J connectivity index is 1.66. The first kappa shape index (κ1) is 15.4. The fourth-order valence-electron chi connectivity index (χ4n) is 3.11. The maximum absolute atomic E-state index is 12.1. The minimum atomic E-state index is -0.173. The summed E-state index contributed by atoms with van der Waals surface area (Å²) in [7, 11) is 1.68. The zero-order valence-electron chi connectivity index (χ0n) is 12.3. The second-order valence-electron chi connectivity index (χ2n) is 5.87.